The number of piperidine rings is 1. The minimum atomic E-state index is -0.315. The zero-order valence-corrected chi connectivity index (χ0v) is 13.9. The van der Waals surface area contributed by atoms with Crippen LogP contribution in [0.25, 0.3) is 22.3 Å². The monoisotopic (exact) mass is 336 g/mol. The number of benzene rings is 1. The van der Waals surface area contributed by atoms with Gasteiger partial charge in [0, 0.05) is 54.8 Å². The molecule has 0 unspecified atom stereocenters. The number of aryl methyl sites for hydroxylation is 1. The Kier molecular flexibility index (Phi) is 3.87. The number of pyridine rings is 1. The molecule has 2 aromatic heterocycles. The van der Waals surface area contributed by atoms with Crippen molar-refractivity contribution in [1.29, 1.82) is 0 Å². The molecule has 0 N–H and O–H groups in total. The van der Waals surface area contributed by atoms with Crippen LogP contribution in [0.15, 0.2) is 36.5 Å². The molecule has 126 valence electrons. The SMILES string of the molecule is Cc1nc(-c2ccc(N3CCC(=O)CC3)nc2)nc2cc(F)ccc12. The van der Waals surface area contributed by atoms with E-state index < -0.39 is 0 Å². The largest absolute Gasteiger partial charge is 0.356 e. The van der Waals surface area contributed by atoms with Crippen molar-refractivity contribution in [3.8, 4) is 11.4 Å². The van der Waals surface area contributed by atoms with E-state index in [0.717, 1.165) is 22.5 Å². The van der Waals surface area contributed by atoms with E-state index in [0.29, 0.717) is 43.1 Å². The lowest BCUT2D eigenvalue weighted by atomic mass is 10.1. The average Bonchev–Trinajstić information content (AvgIpc) is 2.62. The van der Waals surface area contributed by atoms with Crippen LogP contribution < -0.4 is 4.90 Å². The molecule has 4 rings (SSSR count). The molecule has 0 aliphatic carbocycles. The van der Waals surface area contributed by atoms with Gasteiger partial charge in [0.05, 0.1) is 5.52 Å². The normalized spacial score (nSPS) is 15.0. The van der Waals surface area contributed by atoms with E-state index >= 15 is 0 Å². The van der Waals surface area contributed by atoms with Crippen molar-refractivity contribution in [2.24, 2.45) is 0 Å². The molecule has 1 saturated heterocycles. The molecule has 0 radical (unpaired) electrons. The van der Waals surface area contributed by atoms with Gasteiger partial charge in [-0.1, -0.05) is 0 Å². The third-order valence-corrected chi connectivity index (χ3v) is 4.50. The van der Waals surface area contributed by atoms with E-state index in [1.807, 2.05) is 19.1 Å². The lowest BCUT2D eigenvalue weighted by Crippen LogP contribution is -2.34. The van der Waals surface area contributed by atoms with Crippen molar-refractivity contribution in [2.45, 2.75) is 19.8 Å². The van der Waals surface area contributed by atoms with Crippen LogP contribution in [0.5, 0.6) is 0 Å². The van der Waals surface area contributed by atoms with E-state index in [2.05, 4.69) is 19.9 Å². The number of ketones is 1. The van der Waals surface area contributed by atoms with Crippen molar-refractivity contribution in [2.75, 3.05) is 18.0 Å². The van der Waals surface area contributed by atoms with Crippen LogP contribution in [0.1, 0.15) is 18.5 Å². The molecule has 3 heterocycles. The second-order valence-electron chi connectivity index (χ2n) is 6.22. The molecule has 0 bridgehead atoms. The van der Waals surface area contributed by atoms with Gasteiger partial charge in [-0.3, -0.25) is 4.79 Å². The van der Waals surface area contributed by atoms with Crippen LogP contribution in [-0.4, -0.2) is 33.8 Å². The number of aromatic nitrogens is 3. The molecular formula is C19H17FN4O. The first-order chi connectivity index (χ1) is 12.1. The van der Waals surface area contributed by atoms with E-state index in [9.17, 15) is 9.18 Å². The number of nitrogens with zero attached hydrogens (tertiary/aromatic N) is 4. The Morgan fingerprint density at radius 2 is 1.88 bits per heavy atom. The van der Waals surface area contributed by atoms with Gasteiger partial charge >= 0.3 is 0 Å². The van der Waals surface area contributed by atoms with Crippen LogP contribution in [0.2, 0.25) is 0 Å². The van der Waals surface area contributed by atoms with Gasteiger partial charge in [-0.05, 0) is 31.2 Å². The summed E-state index contributed by atoms with van der Waals surface area (Å²) in [4.78, 5) is 26.9. The molecule has 1 aliphatic rings. The number of carbonyl (C=O) groups is 1. The van der Waals surface area contributed by atoms with Gasteiger partial charge < -0.3 is 4.90 Å². The highest BCUT2D eigenvalue weighted by molar-refractivity contribution is 5.83. The van der Waals surface area contributed by atoms with E-state index in [1.165, 1.54) is 12.1 Å². The van der Waals surface area contributed by atoms with Gasteiger partial charge in [0.1, 0.15) is 17.4 Å². The molecule has 0 atom stereocenters. The third-order valence-electron chi connectivity index (χ3n) is 4.50. The third kappa shape index (κ3) is 3.07. The summed E-state index contributed by atoms with van der Waals surface area (Å²) >= 11 is 0. The van der Waals surface area contributed by atoms with E-state index in [-0.39, 0.29) is 5.82 Å². The first-order valence-electron chi connectivity index (χ1n) is 8.27. The topological polar surface area (TPSA) is 59.0 Å². The standard InChI is InChI=1S/C19H17FN4O/c1-12-16-4-3-14(20)10-17(16)23-19(22-12)13-2-5-18(21-11-13)24-8-6-15(25)7-9-24/h2-5,10-11H,6-9H2,1H3. The van der Waals surface area contributed by atoms with Crippen molar-refractivity contribution >= 4 is 22.5 Å². The Labute approximate surface area is 144 Å². The molecule has 0 amide bonds. The highest BCUT2D eigenvalue weighted by Gasteiger charge is 2.17. The summed E-state index contributed by atoms with van der Waals surface area (Å²) in [6.07, 6.45) is 2.87. The number of anilines is 1. The first kappa shape index (κ1) is 15.6. The fourth-order valence-electron chi connectivity index (χ4n) is 3.08. The molecule has 1 fully saturated rings. The Bertz CT molecular complexity index is 946. The molecule has 5 nitrogen and oxygen atoms in total. The predicted octanol–water partition coefficient (Wildman–Crippen LogP) is 3.31. The van der Waals surface area contributed by atoms with Gasteiger partial charge in [-0.25, -0.2) is 19.3 Å². The van der Waals surface area contributed by atoms with Crippen molar-refractivity contribution in [3.63, 3.8) is 0 Å². The van der Waals surface area contributed by atoms with Crippen molar-refractivity contribution < 1.29 is 9.18 Å². The molecule has 0 saturated carbocycles. The zero-order valence-electron chi connectivity index (χ0n) is 13.9. The molecule has 25 heavy (non-hydrogen) atoms. The maximum atomic E-state index is 13.5. The van der Waals surface area contributed by atoms with Crippen LogP contribution in [0.4, 0.5) is 10.2 Å². The maximum Gasteiger partial charge on any atom is 0.161 e. The fourth-order valence-corrected chi connectivity index (χ4v) is 3.08. The van der Waals surface area contributed by atoms with Crippen molar-refractivity contribution in [3.05, 3.63) is 48.0 Å². The summed E-state index contributed by atoms with van der Waals surface area (Å²) in [5.41, 5.74) is 2.17. The molecule has 3 aromatic rings. The molecule has 6 heteroatoms. The molecular weight excluding hydrogens is 319 g/mol. The number of Topliss-reactive ketones (excluding diaryl/α,β-unsaturated/α-hetero) is 1. The van der Waals surface area contributed by atoms with Gasteiger partial charge in [0.25, 0.3) is 0 Å². The van der Waals surface area contributed by atoms with E-state index in [4.69, 9.17) is 0 Å². The average molecular weight is 336 g/mol. The number of hydrogen-bond donors (Lipinski definition) is 0. The Balaban J connectivity index is 1.66. The predicted molar refractivity (Wildman–Crippen MR) is 93.9 cm³/mol. The second kappa shape index (κ2) is 6.20. The highest BCUT2D eigenvalue weighted by atomic mass is 19.1. The lowest BCUT2D eigenvalue weighted by Gasteiger charge is -2.27. The quantitative estimate of drug-likeness (QED) is 0.718. The Morgan fingerprint density at radius 1 is 1.08 bits per heavy atom. The summed E-state index contributed by atoms with van der Waals surface area (Å²) in [6.45, 7) is 3.30. The first-order valence-corrected chi connectivity index (χ1v) is 8.27. The summed E-state index contributed by atoms with van der Waals surface area (Å²) in [5, 5.41) is 0.840. The van der Waals surface area contributed by atoms with Gasteiger partial charge in [-0.2, -0.15) is 0 Å². The zero-order chi connectivity index (χ0) is 17.4. The highest BCUT2D eigenvalue weighted by Crippen LogP contribution is 2.23. The second-order valence-corrected chi connectivity index (χ2v) is 6.22. The van der Waals surface area contributed by atoms with Gasteiger partial charge in [0.15, 0.2) is 5.82 Å². The minimum Gasteiger partial charge on any atom is -0.356 e. The maximum absolute atomic E-state index is 13.5. The Morgan fingerprint density at radius 3 is 2.60 bits per heavy atom. The van der Waals surface area contributed by atoms with Crippen LogP contribution >= 0.6 is 0 Å². The number of rotatable bonds is 2. The molecule has 0 spiro atoms. The summed E-state index contributed by atoms with van der Waals surface area (Å²) in [5.74, 6) is 1.37. The van der Waals surface area contributed by atoms with Gasteiger partial charge in [0.2, 0.25) is 0 Å². The van der Waals surface area contributed by atoms with Crippen LogP contribution in [0.3, 0.4) is 0 Å². The number of carbonyl (C=O) groups excluding carboxylic acids is 1. The Hall–Kier alpha value is -2.89. The van der Waals surface area contributed by atoms with E-state index in [1.54, 1.807) is 12.3 Å². The van der Waals surface area contributed by atoms with Crippen LogP contribution in [0, 0.1) is 12.7 Å². The summed E-state index contributed by atoms with van der Waals surface area (Å²) in [6, 6.07) is 8.36. The molecule has 1 aliphatic heterocycles. The fraction of sp³-hybridized carbons (Fsp3) is 0.263. The van der Waals surface area contributed by atoms with Crippen LogP contribution in [-0.2, 0) is 4.79 Å². The summed E-state index contributed by atoms with van der Waals surface area (Å²) < 4.78 is 13.5. The minimum absolute atomic E-state index is 0.306. The van der Waals surface area contributed by atoms with Crippen molar-refractivity contribution in [1.82, 2.24) is 15.0 Å². The number of hydrogen-bond acceptors (Lipinski definition) is 5. The van der Waals surface area contributed by atoms with Gasteiger partial charge in [-0.15, -0.1) is 0 Å². The molecule has 1 aromatic carbocycles. The lowest BCUT2D eigenvalue weighted by molar-refractivity contribution is -0.119. The smallest absolute Gasteiger partial charge is 0.161 e. The summed E-state index contributed by atoms with van der Waals surface area (Å²) in [7, 11) is 0. The number of fused-ring (bicyclic) bond motifs is 1. The number of halogens is 1.